The molecule has 4 aliphatic carbocycles. The van der Waals surface area contributed by atoms with Crippen LogP contribution in [0.25, 0.3) is 0 Å². The molecule has 222 valence electrons. The fourth-order valence-electron chi connectivity index (χ4n) is 3.23. The van der Waals surface area contributed by atoms with Crippen molar-refractivity contribution in [2.45, 2.75) is 114 Å². The van der Waals surface area contributed by atoms with Crippen molar-refractivity contribution in [3.63, 3.8) is 0 Å². The summed E-state index contributed by atoms with van der Waals surface area (Å²) in [6.45, 7) is 15.0. The summed E-state index contributed by atoms with van der Waals surface area (Å²) in [4.78, 5) is 30.1. The summed E-state index contributed by atoms with van der Waals surface area (Å²) in [6.07, 6.45) is 24.3. The Labute approximate surface area is 265 Å². The Morgan fingerprint density at radius 3 is 0.750 bits per heavy atom. The normalized spacial score (nSPS) is 19.7. The van der Waals surface area contributed by atoms with Gasteiger partial charge >= 0.3 is 44.1 Å². The van der Waals surface area contributed by atoms with Crippen molar-refractivity contribution < 1.29 is 55.9 Å². The second-order valence-corrected chi connectivity index (χ2v) is 13.2. The van der Waals surface area contributed by atoms with Crippen molar-refractivity contribution in [3.05, 3.63) is 62.2 Å². The van der Waals surface area contributed by atoms with Crippen LogP contribution in [0.4, 0.5) is 0 Å². The monoisotopic (exact) mass is 634 g/mol. The first-order valence-electron chi connectivity index (χ1n) is 13.9. The molecule has 40 heavy (non-hydrogen) atoms. The molecule has 0 unspecified atom stereocenters. The molecule has 0 atom stereocenters. The quantitative estimate of drug-likeness (QED) is 0.249. The first kappa shape index (κ1) is 41.4. The van der Waals surface area contributed by atoms with E-state index in [4.69, 9.17) is 15.3 Å². The van der Waals surface area contributed by atoms with E-state index in [1.54, 1.807) is 86.0 Å². The molecule has 0 aliphatic heterocycles. The standard InChI is InChI=1S/2C9H11.3C5H10O2.Zr/c2*1-2-5-9-7-3-6-8(9)4-1;3*1-5(2,3)4(6)7;/h2*3,6-7H,1-2,4-5H2;3*1-3H3,(H,6,7);/q;;;;;+2. The fourth-order valence-corrected chi connectivity index (χ4v) is 3.23. The van der Waals surface area contributed by atoms with E-state index >= 15 is 0 Å². The van der Waals surface area contributed by atoms with Gasteiger partial charge in [0, 0.05) is 0 Å². The molecular weight excluding hydrogens is 584 g/mol. The van der Waals surface area contributed by atoms with Crippen molar-refractivity contribution in [2.24, 2.45) is 16.2 Å². The number of fused-ring (bicyclic) bond motifs is 2. The number of hydrogen-bond acceptors (Lipinski definition) is 3. The van der Waals surface area contributed by atoms with Gasteiger partial charge in [-0.25, -0.2) is 0 Å². The van der Waals surface area contributed by atoms with Gasteiger partial charge in [0.05, 0.1) is 16.2 Å². The Kier molecular flexibility index (Phi) is 20.2. The Bertz CT molecular complexity index is 622. The van der Waals surface area contributed by atoms with Crippen LogP contribution in [0.3, 0.4) is 0 Å². The summed E-state index contributed by atoms with van der Waals surface area (Å²) in [5, 5.41) is 24.8. The van der Waals surface area contributed by atoms with Crippen molar-refractivity contribution >= 4 is 17.9 Å². The first-order valence-corrected chi connectivity index (χ1v) is 13.9. The maximum atomic E-state index is 10.0. The average Bonchev–Trinajstić information content (AvgIpc) is 3.48. The van der Waals surface area contributed by atoms with Gasteiger partial charge < -0.3 is 15.3 Å². The minimum Gasteiger partial charge on any atom is -0.481 e. The molecule has 6 nitrogen and oxygen atoms in total. The van der Waals surface area contributed by atoms with Crippen molar-refractivity contribution in [1.29, 1.82) is 0 Å². The van der Waals surface area contributed by atoms with Gasteiger partial charge in [-0.2, -0.15) is 0 Å². The van der Waals surface area contributed by atoms with E-state index in [9.17, 15) is 14.4 Å². The SMILES string of the molecule is CC(C)(C)C(=O)O.CC(C)(C)C(=O)O.CC(C)(C)C(=O)O.[CH]1[CH][C]2CCCC[C]2[CH]1.[CH]1[CH][C]2CCCC[C]2[CH]1.[Zr+2]. The van der Waals surface area contributed by atoms with Gasteiger partial charge in [-0.3, -0.25) is 14.4 Å². The van der Waals surface area contributed by atoms with Crippen molar-refractivity contribution in [2.75, 3.05) is 0 Å². The topological polar surface area (TPSA) is 112 Å². The maximum Gasteiger partial charge on any atom is 2.00 e. The minimum absolute atomic E-state index is 0. The van der Waals surface area contributed by atoms with Gasteiger partial charge in [0.25, 0.3) is 0 Å². The first-order chi connectivity index (χ1) is 17.8. The molecule has 0 amide bonds. The summed E-state index contributed by atoms with van der Waals surface area (Å²) in [5.74, 6) is 4.12. The van der Waals surface area contributed by atoms with Crippen LogP contribution in [-0.4, -0.2) is 33.2 Å². The summed E-state index contributed by atoms with van der Waals surface area (Å²) >= 11 is 0. The summed E-state index contributed by atoms with van der Waals surface area (Å²) in [5.41, 5.74) is -1.75. The van der Waals surface area contributed by atoms with Crippen molar-refractivity contribution in [3.8, 4) is 0 Å². The number of rotatable bonds is 0. The Hall–Kier alpha value is -0.707. The van der Waals surface area contributed by atoms with E-state index in [1.165, 1.54) is 51.4 Å². The molecule has 0 bridgehead atoms. The van der Waals surface area contributed by atoms with Gasteiger partial charge in [-0.15, -0.1) is 0 Å². The third-order valence-corrected chi connectivity index (χ3v) is 6.22. The van der Waals surface area contributed by atoms with Gasteiger partial charge in [0.15, 0.2) is 0 Å². The van der Waals surface area contributed by atoms with E-state index in [0.717, 1.165) is 0 Å². The fraction of sp³-hybridized carbons (Fsp3) is 0.606. The van der Waals surface area contributed by atoms with E-state index in [-0.39, 0.29) is 26.2 Å². The molecule has 0 spiro atoms. The average molecular weight is 636 g/mol. The van der Waals surface area contributed by atoms with Gasteiger partial charge in [0.2, 0.25) is 0 Å². The van der Waals surface area contributed by atoms with Crippen LogP contribution in [-0.2, 0) is 40.6 Å². The molecule has 0 aromatic carbocycles. The van der Waals surface area contributed by atoms with E-state index in [2.05, 4.69) is 38.5 Å². The zero-order valence-electron chi connectivity index (χ0n) is 26.2. The predicted octanol–water partition coefficient (Wildman–Crippen LogP) is 8.02. The molecular formula is C33H52O6Zr+2. The number of carboxylic acid groups (broad SMARTS) is 3. The van der Waals surface area contributed by atoms with E-state index < -0.39 is 34.2 Å². The molecule has 4 aliphatic rings. The second kappa shape index (κ2) is 19.5. The van der Waals surface area contributed by atoms with Crippen LogP contribution in [0, 0.1) is 78.4 Å². The van der Waals surface area contributed by atoms with Crippen LogP contribution in [0.1, 0.15) is 114 Å². The molecule has 3 N–H and O–H groups in total. The molecule has 0 aromatic heterocycles. The molecule has 0 saturated heterocycles. The minimum atomic E-state index is -0.757. The van der Waals surface area contributed by atoms with Gasteiger partial charge in [0.1, 0.15) is 0 Å². The van der Waals surface area contributed by atoms with Crippen LogP contribution < -0.4 is 0 Å². The zero-order valence-corrected chi connectivity index (χ0v) is 28.6. The predicted molar refractivity (Wildman–Crippen MR) is 157 cm³/mol. The van der Waals surface area contributed by atoms with Crippen LogP contribution in [0.5, 0.6) is 0 Å². The van der Waals surface area contributed by atoms with Crippen LogP contribution in [0.15, 0.2) is 0 Å². The molecule has 10 radical (unpaired) electrons. The Morgan fingerprint density at radius 2 is 0.625 bits per heavy atom. The molecule has 4 rings (SSSR count). The Morgan fingerprint density at radius 1 is 0.475 bits per heavy atom. The summed E-state index contributed by atoms with van der Waals surface area (Å²) in [7, 11) is 0. The second-order valence-electron chi connectivity index (χ2n) is 13.2. The van der Waals surface area contributed by atoms with E-state index in [0.29, 0.717) is 0 Å². The smallest absolute Gasteiger partial charge is 0.481 e. The van der Waals surface area contributed by atoms with Crippen LogP contribution in [0.2, 0.25) is 0 Å². The molecule has 7 heteroatoms. The third-order valence-electron chi connectivity index (χ3n) is 6.22. The van der Waals surface area contributed by atoms with Crippen molar-refractivity contribution in [1.82, 2.24) is 0 Å². The third kappa shape index (κ3) is 18.7. The molecule has 4 saturated carbocycles. The number of carbonyl (C=O) groups is 3. The largest absolute Gasteiger partial charge is 2.00 e. The summed E-state index contributed by atoms with van der Waals surface area (Å²) < 4.78 is 0. The molecule has 0 aromatic rings. The van der Waals surface area contributed by atoms with Gasteiger partial charge in [-0.1, -0.05) is 25.7 Å². The van der Waals surface area contributed by atoms with E-state index in [1.807, 2.05) is 0 Å². The maximum absolute atomic E-state index is 10.0. The van der Waals surface area contributed by atoms with Crippen LogP contribution >= 0.6 is 0 Å². The zero-order chi connectivity index (χ0) is 30.4. The Balaban J connectivity index is 0. The summed E-state index contributed by atoms with van der Waals surface area (Å²) in [6, 6.07) is 0. The molecule has 0 heterocycles. The molecule has 4 fully saturated rings. The number of carboxylic acids is 3. The van der Waals surface area contributed by atoms with Gasteiger partial charge in [-0.05, 0) is 150 Å². The number of aliphatic carboxylic acids is 3. The number of hydrogen-bond donors (Lipinski definition) is 3.